The monoisotopic (exact) mass is 321 g/mol. The average Bonchev–Trinajstić information content (AvgIpc) is 3.30. The standard InChI is InChI=1S/C20H23N3O/c24-20(17-8-4-5-9-17)22-13-11-19-18(14-22)21-15-23(19)12-10-16-6-2-1-3-7-16/h1-3,6-8,15H,4-5,9-14H2. The molecule has 2 aliphatic rings. The molecule has 0 atom stereocenters. The molecule has 0 spiro atoms. The highest BCUT2D eigenvalue weighted by molar-refractivity contribution is 5.93. The highest BCUT2D eigenvalue weighted by atomic mass is 16.2. The van der Waals surface area contributed by atoms with Gasteiger partial charge in [0.2, 0.25) is 5.91 Å². The summed E-state index contributed by atoms with van der Waals surface area (Å²) in [6.07, 6.45) is 9.07. The van der Waals surface area contributed by atoms with Crippen molar-refractivity contribution in [2.24, 2.45) is 0 Å². The maximum Gasteiger partial charge on any atom is 0.249 e. The number of carbonyl (C=O) groups excluding carboxylic acids is 1. The lowest BCUT2D eigenvalue weighted by atomic mass is 10.1. The quantitative estimate of drug-likeness (QED) is 0.868. The van der Waals surface area contributed by atoms with E-state index in [4.69, 9.17) is 0 Å². The zero-order chi connectivity index (χ0) is 16.4. The van der Waals surface area contributed by atoms with Crippen LogP contribution in [0, 0.1) is 0 Å². The minimum Gasteiger partial charge on any atom is -0.334 e. The van der Waals surface area contributed by atoms with Crippen molar-refractivity contribution in [2.75, 3.05) is 6.54 Å². The summed E-state index contributed by atoms with van der Waals surface area (Å²) in [5, 5.41) is 0. The normalized spacial score (nSPS) is 16.8. The number of benzene rings is 1. The average molecular weight is 321 g/mol. The molecule has 1 aromatic carbocycles. The number of aromatic nitrogens is 2. The Morgan fingerprint density at radius 3 is 2.83 bits per heavy atom. The highest BCUT2D eigenvalue weighted by Gasteiger charge is 2.26. The molecule has 0 saturated heterocycles. The molecule has 4 rings (SSSR count). The second-order valence-corrected chi connectivity index (χ2v) is 6.67. The van der Waals surface area contributed by atoms with Gasteiger partial charge in [0.15, 0.2) is 0 Å². The number of amides is 1. The summed E-state index contributed by atoms with van der Waals surface area (Å²) in [4.78, 5) is 19.1. The molecule has 0 fully saturated rings. The molecule has 124 valence electrons. The topological polar surface area (TPSA) is 38.1 Å². The van der Waals surface area contributed by atoms with Gasteiger partial charge in [0, 0.05) is 30.8 Å². The zero-order valence-corrected chi connectivity index (χ0v) is 13.9. The number of carbonyl (C=O) groups is 1. The zero-order valence-electron chi connectivity index (χ0n) is 13.9. The Bertz CT molecular complexity index is 760. The van der Waals surface area contributed by atoms with E-state index in [0.29, 0.717) is 6.54 Å². The van der Waals surface area contributed by atoms with Crippen molar-refractivity contribution in [2.45, 2.75) is 45.2 Å². The second kappa shape index (κ2) is 6.63. The Balaban J connectivity index is 1.42. The van der Waals surface area contributed by atoms with Gasteiger partial charge in [0.05, 0.1) is 18.6 Å². The summed E-state index contributed by atoms with van der Waals surface area (Å²) in [5.74, 6) is 0.219. The Morgan fingerprint density at radius 2 is 2.04 bits per heavy atom. The van der Waals surface area contributed by atoms with Gasteiger partial charge in [0.25, 0.3) is 0 Å². The van der Waals surface area contributed by atoms with Gasteiger partial charge in [-0.05, 0) is 31.2 Å². The minimum atomic E-state index is 0.219. The number of hydrogen-bond donors (Lipinski definition) is 0. The van der Waals surface area contributed by atoms with E-state index in [1.54, 1.807) is 0 Å². The number of rotatable bonds is 4. The molecule has 0 bridgehead atoms. The molecule has 24 heavy (non-hydrogen) atoms. The Morgan fingerprint density at radius 1 is 1.17 bits per heavy atom. The van der Waals surface area contributed by atoms with E-state index in [9.17, 15) is 4.79 Å². The fourth-order valence-electron chi connectivity index (χ4n) is 3.70. The smallest absolute Gasteiger partial charge is 0.249 e. The lowest BCUT2D eigenvalue weighted by molar-refractivity contribution is -0.128. The van der Waals surface area contributed by atoms with Gasteiger partial charge in [-0.1, -0.05) is 36.4 Å². The maximum atomic E-state index is 12.6. The number of allylic oxidation sites excluding steroid dienone is 1. The van der Waals surface area contributed by atoms with Crippen molar-refractivity contribution in [1.29, 1.82) is 0 Å². The van der Waals surface area contributed by atoms with Crippen LogP contribution in [0.15, 0.2) is 48.3 Å². The molecule has 1 aliphatic carbocycles. The van der Waals surface area contributed by atoms with Crippen molar-refractivity contribution < 1.29 is 4.79 Å². The van der Waals surface area contributed by atoms with E-state index < -0.39 is 0 Å². The van der Waals surface area contributed by atoms with Crippen LogP contribution in [0.25, 0.3) is 0 Å². The van der Waals surface area contributed by atoms with Crippen LogP contribution in [0.3, 0.4) is 0 Å². The van der Waals surface area contributed by atoms with Crippen molar-refractivity contribution >= 4 is 5.91 Å². The molecule has 2 aromatic rings. The van der Waals surface area contributed by atoms with Gasteiger partial charge in [-0.3, -0.25) is 4.79 Å². The molecule has 1 aromatic heterocycles. The third kappa shape index (κ3) is 3.01. The van der Waals surface area contributed by atoms with Crippen LogP contribution in [0.1, 0.15) is 36.2 Å². The third-order valence-corrected chi connectivity index (χ3v) is 5.08. The maximum absolute atomic E-state index is 12.6. The summed E-state index contributed by atoms with van der Waals surface area (Å²) in [6.45, 7) is 2.41. The van der Waals surface area contributed by atoms with E-state index in [1.165, 1.54) is 11.3 Å². The van der Waals surface area contributed by atoms with Gasteiger partial charge in [0.1, 0.15) is 0 Å². The van der Waals surface area contributed by atoms with Gasteiger partial charge in [-0.2, -0.15) is 0 Å². The first kappa shape index (κ1) is 15.2. The van der Waals surface area contributed by atoms with Crippen molar-refractivity contribution in [3.05, 3.63) is 65.3 Å². The molecular formula is C20H23N3O. The first-order valence-corrected chi connectivity index (χ1v) is 8.86. The fraction of sp³-hybridized carbons (Fsp3) is 0.400. The summed E-state index contributed by atoms with van der Waals surface area (Å²) >= 11 is 0. The molecular weight excluding hydrogens is 298 g/mol. The van der Waals surface area contributed by atoms with E-state index in [2.05, 4.69) is 39.9 Å². The SMILES string of the molecule is O=C(C1=CCCC1)N1CCc2c(ncn2CCc2ccccc2)C1. The summed E-state index contributed by atoms with van der Waals surface area (Å²) in [7, 11) is 0. The van der Waals surface area contributed by atoms with E-state index in [1.807, 2.05) is 17.3 Å². The molecule has 0 saturated carbocycles. The number of nitrogens with zero attached hydrogens (tertiary/aromatic N) is 3. The molecule has 0 radical (unpaired) electrons. The molecule has 0 N–H and O–H groups in total. The van der Waals surface area contributed by atoms with Gasteiger partial charge < -0.3 is 9.47 Å². The first-order valence-electron chi connectivity index (χ1n) is 8.86. The fourth-order valence-corrected chi connectivity index (χ4v) is 3.70. The van der Waals surface area contributed by atoms with Gasteiger partial charge >= 0.3 is 0 Å². The van der Waals surface area contributed by atoms with Crippen molar-refractivity contribution in [3.63, 3.8) is 0 Å². The Hall–Kier alpha value is -2.36. The molecule has 4 heteroatoms. The second-order valence-electron chi connectivity index (χ2n) is 6.67. The molecule has 4 nitrogen and oxygen atoms in total. The molecule has 1 aliphatic heterocycles. The largest absolute Gasteiger partial charge is 0.334 e. The first-order chi connectivity index (χ1) is 11.8. The van der Waals surface area contributed by atoms with Crippen LogP contribution in [0.5, 0.6) is 0 Å². The van der Waals surface area contributed by atoms with Crippen LogP contribution in [-0.2, 0) is 30.7 Å². The number of aryl methyl sites for hydroxylation is 2. The van der Waals surface area contributed by atoms with Crippen molar-refractivity contribution in [3.8, 4) is 0 Å². The number of imidazole rings is 1. The predicted molar refractivity (Wildman–Crippen MR) is 93.4 cm³/mol. The Labute approximate surface area is 142 Å². The summed E-state index contributed by atoms with van der Waals surface area (Å²) in [5.41, 5.74) is 4.72. The van der Waals surface area contributed by atoms with E-state index in [0.717, 1.165) is 56.5 Å². The lowest BCUT2D eigenvalue weighted by Crippen LogP contribution is -2.37. The highest BCUT2D eigenvalue weighted by Crippen LogP contribution is 2.24. The number of hydrogen-bond acceptors (Lipinski definition) is 2. The van der Waals surface area contributed by atoms with Gasteiger partial charge in [-0.25, -0.2) is 4.98 Å². The predicted octanol–water partition coefficient (Wildman–Crippen LogP) is 3.12. The van der Waals surface area contributed by atoms with Crippen LogP contribution < -0.4 is 0 Å². The molecule has 0 unspecified atom stereocenters. The van der Waals surface area contributed by atoms with Crippen LogP contribution in [-0.4, -0.2) is 26.9 Å². The van der Waals surface area contributed by atoms with Crippen LogP contribution in [0.2, 0.25) is 0 Å². The minimum absolute atomic E-state index is 0.219. The number of fused-ring (bicyclic) bond motifs is 1. The third-order valence-electron chi connectivity index (χ3n) is 5.08. The van der Waals surface area contributed by atoms with Crippen molar-refractivity contribution in [1.82, 2.24) is 14.5 Å². The summed E-state index contributed by atoms with van der Waals surface area (Å²) in [6, 6.07) is 10.5. The lowest BCUT2D eigenvalue weighted by Gasteiger charge is -2.27. The van der Waals surface area contributed by atoms with Crippen LogP contribution >= 0.6 is 0 Å². The molecule has 2 heterocycles. The molecule has 1 amide bonds. The Kier molecular flexibility index (Phi) is 4.20. The van der Waals surface area contributed by atoms with Gasteiger partial charge in [-0.15, -0.1) is 0 Å². The van der Waals surface area contributed by atoms with Crippen LogP contribution in [0.4, 0.5) is 0 Å². The van der Waals surface area contributed by atoms with E-state index in [-0.39, 0.29) is 5.91 Å². The van der Waals surface area contributed by atoms with E-state index >= 15 is 0 Å². The summed E-state index contributed by atoms with van der Waals surface area (Å²) < 4.78 is 2.26.